The predicted molar refractivity (Wildman–Crippen MR) is 178 cm³/mol. The normalized spacial score (nSPS) is 13.5. The third-order valence-electron chi connectivity index (χ3n) is 8.40. The molecule has 2 aromatic heterocycles. The number of fused-ring (bicyclic) bond motifs is 6. The van der Waals surface area contributed by atoms with Crippen LogP contribution >= 0.6 is 0 Å². The van der Waals surface area contributed by atoms with E-state index in [1.54, 1.807) is 30.6 Å². The molecule has 0 radical (unpaired) electrons. The van der Waals surface area contributed by atoms with Gasteiger partial charge in [0, 0.05) is 75.8 Å². The third kappa shape index (κ3) is 6.58. The summed E-state index contributed by atoms with van der Waals surface area (Å²) in [5.74, 6) is -5.07. The Hall–Kier alpha value is -6.21. The number of nitrogens with zero attached hydrogens (tertiary/aromatic N) is 3. The van der Waals surface area contributed by atoms with Crippen LogP contribution in [0.2, 0.25) is 0 Å². The van der Waals surface area contributed by atoms with Crippen LogP contribution in [-0.2, 0) is 33.0 Å². The van der Waals surface area contributed by atoms with Crippen molar-refractivity contribution in [3.05, 3.63) is 137 Å². The Bertz CT molecular complexity index is 2050. The number of hydrogen-bond donors (Lipinski definition) is 1. The van der Waals surface area contributed by atoms with E-state index in [1.807, 2.05) is 36.4 Å². The second-order valence-corrected chi connectivity index (χ2v) is 12.0. The van der Waals surface area contributed by atoms with Crippen LogP contribution in [0.1, 0.15) is 52.3 Å². The fourth-order valence-electron chi connectivity index (χ4n) is 6.30. The Balaban J connectivity index is 1.25. The van der Waals surface area contributed by atoms with E-state index in [9.17, 15) is 14.4 Å². The first-order valence-corrected chi connectivity index (χ1v) is 16.0. The number of esters is 3. The SMILES string of the molecule is CC(=O)Oc1cc2c(cc1F)C1(OC(=O)c3ccc(NCCN(Cc4ccccn4)Cc4ccccn4)cc31)c1cc(F)c(OC(C)=O)cc1O2. The molecule has 2 aliphatic heterocycles. The van der Waals surface area contributed by atoms with Gasteiger partial charge in [-0.3, -0.25) is 24.5 Å². The van der Waals surface area contributed by atoms with Gasteiger partial charge in [-0.1, -0.05) is 12.1 Å². The highest BCUT2D eigenvalue weighted by Crippen LogP contribution is 2.58. The van der Waals surface area contributed by atoms with Crippen molar-refractivity contribution >= 4 is 23.6 Å². The van der Waals surface area contributed by atoms with E-state index in [4.69, 9.17) is 18.9 Å². The fourth-order valence-corrected chi connectivity index (χ4v) is 6.30. The molecule has 258 valence electrons. The fraction of sp³-hybridized carbons (Fsp3) is 0.184. The second kappa shape index (κ2) is 13.6. The van der Waals surface area contributed by atoms with Crippen molar-refractivity contribution in [2.24, 2.45) is 0 Å². The van der Waals surface area contributed by atoms with Gasteiger partial charge in [-0.15, -0.1) is 0 Å². The summed E-state index contributed by atoms with van der Waals surface area (Å²) < 4.78 is 53.2. The largest absolute Gasteiger partial charge is 0.456 e. The summed E-state index contributed by atoms with van der Waals surface area (Å²) in [6.45, 7) is 4.43. The predicted octanol–water partition coefficient (Wildman–Crippen LogP) is 6.29. The van der Waals surface area contributed by atoms with Crippen molar-refractivity contribution in [3.63, 3.8) is 0 Å². The zero-order valence-electron chi connectivity index (χ0n) is 27.4. The molecule has 4 heterocycles. The maximum absolute atomic E-state index is 15.5. The maximum atomic E-state index is 15.5. The molecule has 13 heteroatoms. The summed E-state index contributed by atoms with van der Waals surface area (Å²) in [4.78, 5) is 48.0. The number of hydrogen-bond acceptors (Lipinski definition) is 11. The van der Waals surface area contributed by atoms with E-state index in [1.165, 1.54) is 0 Å². The number of ether oxygens (including phenoxy) is 4. The molecule has 1 spiro atoms. The van der Waals surface area contributed by atoms with Gasteiger partial charge in [-0.25, -0.2) is 13.6 Å². The Morgan fingerprint density at radius 1 is 0.784 bits per heavy atom. The van der Waals surface area contributed by atoms with Crippen molar-refractivity contribution in [1.29, 1.82) is 0 Å². The van der Waals surface area contributed by atoms with Crippen molar-refractivity contribution in [2.45, 2.75) is 32.5 Å². The molecular formula is C38H30F2N4O7. The van der Waals surface area contributed by atoms with Crippen LogP contribution in [0, 0.1) is 11.6 Å². The number of carbonyl (C=O) groups is 3. The molecule has 0 bridgehead atoms. The van der Waals surface area contributed by atoms with E-state index in [0.717, 1.165) is 49.5 Å². The smallest absolute Gasteiger partial charge is 0.340 e. The van der Waals surface area contributed by atoms with Crippen molar-refractivity contribution in [3.8, 4) is 23.0 Å². The standard InChI is InChI=1S/C38H30F2N4O7/c1-22(45)48-35-18-33-29(16-31(35)39)38(30-17-32(40)36(49-23(2)46)19-34(30)50-33)28-15-24(9-10-27(28)37(47)51-38)43-13-14-44(20-25-7-3-5-11-41-25)21-26-8-4-6-12-42-26/h3-12,15-19,43H,13-14,20-21H2,1-2H3. The van der Waals surface area contributed by atoms with Crippen LogP contribution in [0.3, 0.4) is 0 Å². The average molecular weight is 693 g/mol. The highest BCUT2D eigenvalue weighted by atomic mass is 19.1. The van der Waals surface area contributed by atoms with Gasteiger partial charge >= 0.3 is 17.9 Å². The molecule has 0 unspecified atom stereocenters. The quantitative estimate of drug-likeness (QED) is 0.131. The topological polar surface area (TPSA) is 129 Å². The van der Waals surface area contributed by atoms with Gasteiger partial charge in [0.2, 0.25) is 0 Å². The lowest BCUT2D eigenvalue weighted by molar-refractivity contribution is -0.133. The molecule has 1 N–H and O–H groups in total. The molecule has 0 saturated heterocycles. The number of benzene rings is 3. The van der Waals surface area contributed by atoms with Crippen LogP contribution < -0.4 is 19.5 Å². The minimum Gasteiger partial charge on any atom is -0.456 e. The molecule has 7 rings (SSSR count). The molecule has 0 amide bonds. The molecule has 5 aromatic rings. The monoisotopic (exact) mass is 692 g/mol. The van der Waals surface area contributed by atoms with Gasteiger partial charge in [0.15, 0.2) is 28.7 Å². The van der Waals surface area contributed by atoms with Crippen molar-refractivity contribution < 1.29 is 42.1 Å². The molecule has 0 saturated carbocycles. The van der Waals surface area contributed by atoms with Gasteiger partial charge in [-0.2, -0.15) is 0 Å². The van der Waals surface area contributed by atoms with E-state index in [2.05, 4.69) is 20.2 Å². The number of pyridine rings is 2. The lowest BCUT2D eigenvalue weighted by atomic mass is 9.77. The summed E-state index contributed by atoms with van der Waals surface area (Å²) >= 11 is 0. The van der Waals surface area contributed by atoms with Crippen molar-refractivity contribution in [1.82, 2.24) is 14.9 Å². The summed E-state index contributed by atoms with van der Waals surface area (Å²) in [5.41, 5.74) is 1.03. The van der Waals surface area contributed by atoms with E-state index >= 15 is 8.78 Å². The number of anilines is 1. The molecule has 2 aliphatic rings. The summed E-state index contributed by atoms with van der Waals surface area (Å²) in [5, 5.41) is 3.40. The second-order valence-electron chi connectivity index (χ2n) is 12.0. The van der Waals surface area contributed by atoms with E-state index in [-0.39, 0.29) is 28.2 Å². The number of rotatable bonds is 10. The molecule has 0 fully saturated rings. The zero-order valence-corrected chi connectivity index (χ0v) is 27.4. The van der Waals surface area contributed by atoms with Gasteiger partial charge in [0.05, 0.1) is 28.1 Å². The summed E-state index contributed by atoms with van der Waals surface area (Å²) in [6.07, 6.45) is 3.49. The minimum absolute atomic E-state index is 0.0285. The Morgan fingerprint density at radius 2 is 1.35 bits per heavy atom. The number of carbonyl (C=O) groups excluding carboxylic acids is 3. The Labute approximate surface area is 290 Å². The van der Waals surface area contributed by atoms with Crippen molar-refractivity contribution in [2.75, 3.05) is 18.4 Å². The summed E-state index contributed by atoms with van der Waals surface area (Å²) in [6, 6.07) is 20.8. The van der Waals surface area contributed by atoms with Gasteiger partial charge < -0.3 is 24.3 Å². The average Bonchev–Trinajstić information content (AvgIpc) is 3.38. The van der Waals surface area contributed by atoms with Gasteiger partial charge in [-0.05, 0) is 54.6 Å². The molecule has 0 atom stereocenters. The summed E-state index contributed by atoms with van der Waals surface area (Å²) in [7, 11) is 0. The highest BCUT2D eigenvalue weighted by Gasteiger charge is 2.54. The highest BCUT2D eigenvalue weighted by molar-refractivity contribution is 5.97. The van der Waals surface area contributed by atoms with Crippen LogP contribution in [0.25, 0.3) is 0 Å². The van der Waals surface area contributed by atoms with Crippen LogP contribution in [0.4, 0.5) is 14.5 Å². The first-order chi connectivity index (χ1) is 24.6. The molecule has 11 nitrogen and oxygen atoms in total. The Morgan fingerprint density at radius 3 is 1.86 bits per heavy atom. The molecular weight excluding hydrogens is 662 g/mol. The first-order valence-electron chi connectivity index (χ1n) is 16.0. The molecule has 3 aromatic carbocycles. The third-order valence-corrected chi connectivity index (χ3v) is 8.40. The number of nitrogens with one attached hydrogen (secondary N) is 1. The first kappa shape index (κ1) is 33.3. The zero-order chi connectivity index (χ0) is 35.7. The van der Waals surface area contributed by atoms with Crippen LogP contribution in [0.15, 0.2) is 91.3 Å². The molecule has 0 aliphatic carbocycles. The lowest BCUT2D eigenvalue weighted by Crippen LogP contribution is -2.33. The van der Waals surface area contributed by atoms with Gasteiger partial charge in [0.1, 0.15) is 11.5 Å². The Kier molecular flexibility index (Phi) is 8.88. The van der Waals surface area contributed by atoms with Crippen LogP contribution in [0.5, 0.6) is 23.0 Å². The maximum Gasteiger partial charge on any atom is 0.340 e. The van der Waals surface area contributed by atoms with E-state index in [0.29, 0.717) is 37.4 Å². The van der Waals surface area contributed by atoms with Crippen LogP contribution in [-0.4, -0.2) is 45.9 Å². The number of halogens is 2. The lowest BCUT2D eigenvalue weighted by Gasteiger charge is -2.37. The van der Waals surface area contributed by atoms with Gasteiger partial charge in [0.25, 0.3) is 0 Å². The van der Waals surface area contributed by atoms with E-state index < -0.39 is 46.6 Å². The number of aromatic nitrogens is 2. The molecule has 51 heavy (non-hydrogen) atoms. The minimum atomic E-state index is -1.89.